The maximum atomic E-state index is 12.2. The average molecular weight is 316 g/mol. The van der Waals surface area contributed by atoms with Crippen molar-refractivity contribution in [3.05, 3.63) is 29.8 Å². The van der Waals surface area contributed by atoms with Crippen LogP contribution >= 0.6 is 24.0 Å². The summed E-state index contributed by atoms with van der Waals surface area (Å²) < 4.78 is 27.2. The van der Waals surface area contributed by atoms with E-state index in [-0.39, 0.29) is 15.9 Å². The first-order valence-corrected chi connectivity index (χ1v) is 9.03. The van der Waals surface area contributed by atoms with Gasteiger partial charge >= 0.3 is 0 Å². The summed E-state index contributed by atoms with van der Waals surface area (Å²) in [4.78, 5) is 0.520. The van der Waals surface area contributed by atoms with Crippen molar-refractivity contribution < 1.29 is 8.42 Å². The van der Waals surface area contributed by atoms with Gasteiger partial charge in [0.2, 0.25) is 10.0 Å². The number of hydrogen-bond acceptors (Lipinski definition) is 4. The molecular formula is C12H16N2O2S3. The van der Waals surface area contributed by atoms with Gasteiger partial charge in [0.15, 0.2) is 0 Å². The van der Waals surface area contributed by atoms with Crippen LogP contribution in [0.25, 0.3) is 0 Å². The van der Waals surface area contributed by atoms with Gasteiger partial charge in [-0.2, -0.15) is 11.8 Å². The molecule has 4 nitrogen and oxygen atoms in total. The molecule has 0 amide bonds. The van der Waals surface area contributed by atoms with E-state index >= 15 is 0 Å². The predicted octanol–water partition coefficient (Wildman–Crippen LogP) is 1.49. The molecule has 1 heterocycles. The van der Waals surface area contributed by atoms with Gasteiger partial charge in [-0.05, 0) is 36.5 Å². The van der Waals surface area contributed by atoms with Gasteiger partial charge in [0.05, 0.1) is 4.90 Å². The Morgan fingerprint density at radius 1 is 1.26 bits per heavy atom. The predicted molar refractivity (Wildman–Crippen MR) is 83.0 cm³/mol. The van der Waals surface area contributed by atoms with Gasteiger partial charge in [-0.25, -0.2) is 13.1 Å². The topological polar surface area (TPSA) is 72.2 Å². The Hall–Kier alpha value is -0.630. The Kier molecular flexibility index (Phi) is 4.83. The van der Waals surface area contributed by atoms with Crippen molar-refractivity contribution in [1.82, 2.24) is 4.72 Å². The Morgan fingerprint density at radius 2 is 1.84 bits per heavy atom. The van der Waals surface area contributed by atoms with E-state index in [1.807, 2.05) is 11.8 Å². The van der Waals surface area contributed by atoms with Gasteiger partial charge in [0.1, 0.15) is 4.99 Å². The molecule has 1 saturated heterocycles. The van der Waals surface area contributed by atoms with E-state index in [1.54, 1.807) is 12.1 Å². The third-order valence-electron chi connectivity index (χ3n) is 2.99. The van der Waals surface area contributed by atoms with Crippen molar-refractivity contribution in [3.63, 3.8) is 0 Å². The molecule has 0 bridgehead atoms. The van der Waals surface area contributed by atoms with E-state index in [9.17, 15) is 8.42 Å². The summed E-state index contributed by atoms with van der Waals surface area (Å²) in [6, 6.07) is 6.38. The number of nitrogens with two attached hydrogens (primary N) is 1. The number of benzene rings is 1. The third-order valence-corrected chi connectivity index (χ3v) is 5.81. The highest BCUT2D eigenvalue weighted by molar-refractivity contribution is 7.99. The second-order valence-corrected chi connectivity index (χ2v) is 7.78. The zero-order valence-electron chi connectivity index (χ0n) is 10.3. The van der Waals surface area contributed by atoms with E-state index in [0.29, 0.717) is 5.56 Å². The lowest BCUT2D eigenvalue weighted by Gasteiger charge is -2.22. The monoisotopic (exact) mass is 316 g/mol. The minimum absolute atomic E-state index is 0.0431. The van der Waals surface area contributed by atoms with Crippen LogP contribution in [0.1, 0.15) is 18.4 Å². The fourth-order valence-electron chi connectivity index (χ4n) is 1.90. The minimum Gasteiger partial charge on any atom is -0.389 e. The minimum atomic E-state index is -3.45. The highest BCUT2D eigenvalue weighted by atomic mass is 32.2. The van der Waals surface area contributed by atoms with E-state index in [4.69, 9.17) is 18.0 Å². The zero-order chi connectivity index (χ0) is 13.9. The maximum absolute atomic E-state index is 12.2. The quantitative estimate of drug-likeness (QED) is 0.824. The Bertz CT molecular complexity index is 549. The van der Waals surface area contributed by atoms with Crippen molar-refractivity contribution in [3.8, 4) is 0 Å². The van der Waals surface area contributed by atoms with E-state index in [1.165, 1.54) is 12.1 Å². The molecule has 1 aliphatic heterocycles. The molecule has 3 N–H and O–H groups in total. The van der Waals surface area contributed by atoms with E-state index < -0.39 is 10.0 Å². The SMILES string of the molecule is NC(=S)c1ccc(S(=O)(=O)NC2CCSCC2)cc1. The molecule has 0 aromatic heterocycles. The van der Waals surface area contributed by atoms with Gasteiger partial charge in [-0.15, -0.1) is 0 Å². The second kappa shape index (κ2) is 6.21. The molecule has 0 saturated carbocycles. The van der Waals surface area contributed by atoms with Crippen LogP contribution in [0.15, 0.2) is 29.2 Å². The van der Waals surface area contributed by atoms with Gasteiger partial charge in [0, 0.05) is 11.6 Å². The fraction of sp³-hybridized carbons (Fsp3) is 0.417. The maximum Gasteiger partial charge on any atom is 0.240 e. The van der Waals surface area contributed by atoms with Crippen LogP contribution in [0.3, 0.4) is 0 Å². The van der Waals surface area contributed by atoms with Crippen molar-refractivity contribution in [1.29, 1.82) is 0 Å². The highest BCUT2D eigenvalue weighted by Crippen LogP contribution is 2.19. The number of thioether (sulfide) groups is 1. The number of nitrogens with one attached hydrogen (secondary N) is 1. The van der Waals surface area contributed by atoms with Crippen LogP contribution in [-0.4, -0.2) is 31.0 Å². The standard InChI is InChI=1S/C12H16N2O2S3/c13-12(17)9-1-3-11(4-2-9)19(15,16)14-10-5-7-18-8-6-10/h1-4,10,14H,5-8H2,(H2,13,17). The van der Waals surface area contributed by atoms with E-state index in [0.717, 1.165) is 24.3 Å². The first-order valence-electron chi connectivity index (χ1n) is 5.99. The molecule has 7 heteroatoms. The summed E-state index contributed by atoms with van der Waals surface area (Å²) in [7, 11) is -3.45. The average Bonchev–Trinajstić information content (AvgIpc) is 2.39. The van der Waals surface area contributed by atoms with Crippen molar-refractivity contribution in [2.45, 2.75) is 23.8 Å². The van der Waals surface area contributed by atoms with Crippen LogP contribution in [0.4, 0.5) is 0 Å². The van der Waals surface area contributed by atoms with Gasteiger partial charge in [0.25, 0.3) is 0 Å². The largest absolute Gasteiger partial charge is 0.389 e. The zero-order valence-corrected chi connectivity index (χ0v) is 12.8. The molecule has 1 fully saturated rings. The number of thiocarbonyl (C=S) groups is 1. The van der Waals surface area contributed by atoms with E-state index in [2.05, 4.69) is 4.72 Å². The molecule has 1 aromatic carbocycles. The van der Waals surface area contributed by atoms with Crippen LogP contribution in [0, 0.1) is 0 Å². The molecule has 104 valence electrons. The molecule has 19 heavy (non-hydrogen) atoms. The third kappa shape index (κ3) is 3.92. The molecule has 1 aliphatic rings. The van der Waals surface area contributed by atoms with Crippen LogP contribution < -0.4 is 10.5 Å². The Balaban J connectivity index is 2.12. The Morgan fingerprint density at radius 3 is 2.37 bits per heavy atom. The first kappa shape index (κ1) is 14.8. The number of sulfonamides is 1. The van der Waals surface area contributed by atoms with Crippen molar-refractivity contribution in [2.75, 3.05) is 11.5 Å². The van der Waals surface area contributed by atoms with Crippen LogP contribution in [-0.2, 0) is 10.0 Å². The first-order chi connectivity index (χ1) is 8.99. The number of hydrogen-bond donors (Lipinski definition) is 2. The van der Waals surface area contributed by atoms with Gasteiger partial charge in [-0.1, -0.05) is 24.4 Å². The molecule has 0 radical (unpaired) electrons. The molecule has 0 aliphatic carbocycles. The summed E-state index contributed by atoms with van der Waals surface area (Å²) in [5.74, 6) is 2.02. The number of rotatable bonds is 4. The molecule has 0 atom stereocenters. The second-order valence-electron chi connectivity index (χ2n) is 4.40. The van der Waals surface area contributed by atoms with Crippen LogP contribution in [0.5, 0.6) is 0 Å². The molecular weight excluding hydrogens is 300 g/mol. The molecule has 0 spiro atoms. The highest BCUT2D eigenvalue weighted by Gasteiger charge is 2.21. The lowest BCUT2D eigenvalue weighted by molar-refractivity contribution is 0.529. The normalized spacial score (nSPS) is 17.3. The fourth-order valence-corrected chi connectivity index (χ4v) is 4.45. The summed E-state index contributed by atoms with van der Waals surface area (Å²) in [5, 5.41) is 0. The molecule has 1 aromatic rings. The molecule has 2 rings (SSSR count). The summed E-state index contributed by atoms with van der Waals surface area (Å²) in [6.07, 6.45) is 1.77. The van der Waals surface area contributed by atoms with Gasteiger partial charge < -0.3 is 5.73 Å². The lowest BCUT2D eigenvalue weighted by Crippen LogP contribution is -2.37. The summed E-state index contributed by atoms with van der Waals surface area (Å²) >= 11 is 6.70. The summed E-state index contributed by atoms with van der Waals surface area (Å²) in [6.45, 7) is 0. The summed E-state index contributed by atoms with van der Waals surface area (Å²) in [5.41, 5.74) is 6.16. The van der Waals surface area contributed by atoms with Gasteiger partial charge in [-0.3, -0.25) is 0 Å². The molecule has 0 unspecified atom stereocenters. The Labute approximate surface area is 123 Å². The van der Waals surface area contributed by atoms with Crippen LogP contribution in [0.2, 0.25) is 0 Å². The smallest absolute Gasteiger partial charge is 0.240 e. The lowest BCUT2D eigenvalue weighted by atomic mass is 10.2. The van der Waals surface area contributed by atoms with Crippen molar-refractivity contribution >= 4 is 39.0 Å². The van der Waals surface area contributed by atoms with Crippen molar-refractivity contribution in [2.24, 2.45) is 5.73 Å².